The molecule has 30 heavy (non-hydrogen) atoms. The minimum atomic E-state index is -3.46. The smallest absolute Gasteiger partial charge is 0.233 e. The lowest BCUT2D eigenvalue weighted by atomic mass is 9.74. The zero-order valence-electron chi connectivity index (χ0n) is 17.6. The zero-order chi connectivity index (χ0) is 21.9. The standard InChI is InChI=1S/C21H30F2N2O4S/c1-3-21(4-2,20(26)24-8-10-29-11-9-24)17-14-18(22)16(13-19(17)23)15-25-7-5-6-12-30(25,27)28/h13-14H,3-12,15H2,1-2H3. The number of morpholine rings is 1. The van der Waals surface area contributed by atoms with E-state index in [2.05, 4.69) is 0 Å². The number of ether oxygens (including phenoxy) is 1. The van der Waals surface area contributed by atoms with Crippen LogP contribution in [-0.2, 0) is 31.5 Å². The highest BCUT2D eigenvalue weighted by Crippen LogP contribution is 2.37. The average molecular weight is 445 g/mol. The van der Waals surface area contributed by atoms with Crippen molar-refractivity contribution in [3.8, 4) is 0 Å². The van der Waals surface area contributed by atoms with Crippen molar-refractivity contribution in [2.75, 3.05) is 38.6 Å². The van der Waals surface area contributed by atoms with E-state index in [1.54, 1.807) is 18.7 Å². The predicted octanol–water partition coefficient (Wildman–Crippen LogP) is 2.81. The monoisotopic (exact) mass is 444 g/mol. The summed E-state index contributed by atoms with van der Waals surface area (Å²) in [4.78, 5) is 15.0. The summed E-state index contributed by atoms with van der Waals surface area (Å²) in [5.41, 5.74) is -1.15. The van der Waals surface area contributed by atoms with Gasteiger partial charge in [-0.2, -0.15) is 4.31 Å². The van der Waals surface area contributed by atoms with Crippen molar-refractivity contribution < 1.29 is 26.7 Å². The highest BCUT2D eigenvalue weighted by molar-refractivity contribution is 7.89. The number of benzene rings is 1. The fourth-order valence-electron chi connectivity index (χ4n) is 4.40. The van der Waals surface area contributed by atoms with Crippen LogP contribution in [-0.4, -0.2) is 62.1 Å². The second kappa shape index (κ2) is 9.28. The van der Waals surface area contributed by atoms with Gasteiger partial charge in [0.2, 0.25) is 15.9 Å². The maximum absolute atomic E-state index is 15.2. The molecule has 0 atom stereocenters. The topological polar surface area (TPSA) is 66.9 Å². The molecule has 3 rings (SSSR count). The maximum Gasteiger partial charge on any atom is 0.233 e. The second-order valence-electron chi connectivity index (χ2n) is 7.97. The van der Waals surface area contributed by atoms with E-state index in [9.17, 15) is 13.2 Å². The van der Waals surface area contributed by atoms with Crippen molar-refractivity contribution in [1.29, 1.82) is 0 Å². The van der Waals surface area contributed by atoms with Crippen molar-refractivity contribution >= 4 is 15.9 Å². The summed E-state index contributed by atoms with van der Waals surface area (Å²) in [6.45, 7) is 5.40. The van der Waals surface area contributed by atoms with E-state index in [-0.39, 0.29) is 29.3 Å². The number of carbonyl (C=O) groups is 1. The fraction of sp³-hybridized carbons (Fsp3) is 0.667. The largest absolute Gasteiger partial charge is 0.378 e. The number of carbonyl (C=O) groups excluding carboxylic acids is 1. The van der Waals surface area contributed by atoms with Crippen molar-refractivity contribution in [1.82, 2.24) is 9.21 Å². The number of hydrogen-bond donors (Lipinski definition) is 0. The van der Waals surface area contributed by atoms with Gasteiger partial charge in [0.25, 0.3) is 0 Å². The first-order valence-electron chi connectivity index (χ1n) is 10.6. The highest BCUT2D eigenvalue weighted by atomic mass is 32.2. The molecule has 1 aromatic carbocycles. The number of hydrogen-bond acceptors (Lipinski definition) is 4. The van der Waals surface area contributed by atoms with Crippen LogP contribution in [0.25, 0.3) is 0 Å². The molecule has 168 valence electrons. The number of nitrogens with zero attached hydrogens (tertiary/aromatic N) is 2. The summed E-state index contributed by atoms with van der Waals surface area (Å²) in [5, 5.41) is 0. The SMILES string of the molecule is CCC(CC)(C(=O)N1CCOCC1)c1cc(F)c(CN2CCCCS2(=O)=O)cc1F. The Morgan fingerprint density at radius 1 is 1.07 bits per heavy atom. The summed E-state index contributed by atoms with van der Waals surface area (Å²) in [6.07, 6.45) is 1.93. The quantitative estimate of drug-likeness (QED) is 0.677. The Morgan fingerprint density at radius 3 is 2.33 bits per heavy atom. The molecule has 0 bridgehead atoms. The third-order valence-corrected chi connectivity index (χ3v) is 8.27. The van der Waals surface area contributed by atoms with E-state index in [0.717, 1.165) is 12.1 Å². The molecule has 2 fully saturated rings. The van der Waals surface area contributed by atoms with E-state index in [1.807, 2.05) is 0 Å². The number of sulfonamides is 1. The van der Waals surface area contributed by atoms with Crippen LogP contribution in [0.5, 0.6) is 0 Å². The first kappa shape index (κ1) is 23.1. The molecule has 2 aliphatic rings. The fourth-order valence-corrected chi connectivity index (χ4v) is 5.97. The molecular formula is C21H30F2N2O4S. The van der Waals surface area contributed by atoms with Crippen molar-refractivity contribution in [3.63, 3.8) is 0 Å². The summed E-state index contributed by atoms with van der Waals surface area (Å²) in [5.74, 6) is -1.56. The maximum atomic E-state index is 15.2. The zero-order valence-corrected chi connectivity index (χ0v) is 18.4. The summed E-state index contributed by atoms with van der Waals surface area (Å²) in [6, 6.07) is 2.15. The lowest BCUT2D eigenvalue weighted by Crippen LogP contribution is -2.51. The van der Waals surface area contributed by atoms with Crippen LogP contribution in [0.15, 0.2) is 12.1 Å². The Balaban J connectivity index is 1.94. The average Bonchev–Trinajstić information content (AvgIpc) is 2.74. The number of amides is 1. The summed E-state index contributed by atoms with van der Waals surface area (Å²) in [7, 11) is -3.46. The van der Waals surface area contributed by atoms with Gasteiger partial charge in [-0.25, -0.2) is 17.2 Å². The first-order valence-corrected chi connectivity index (χ1v) is 12.2. The van der Waals surface area contributed by atoms with Gasteiger partial charge in [-0.05, 0) is 37.8 Å². The molecule has 1 aromatic rings. The third kappa shape index (κ3) is 4.38. The number of halogens is 2. The van der Waals surface area contributed by atoms with E-state index >= 15 is 8.78 Å². The van der Waals surface area contributed by atoms with Crippen LogP contribution >= 0.6 is 0 Å². The van der Waals surface area contributed by atoms with Crippen molar-refractivity contribution in [2.45, 2.75) is 51.5 Å². The minimum Gasteiger partial charge on any atom is -0.378 e. The lowest BCUT2D eigenvalue weighted by molar-refractivity contribution is -0.142. The highest BCUT2D eigenvalue weighted by Gasteiger charge is 2.42. The van der Waals surface area contributed by atoms with Crippen LogP contribution in [0.2, 0.25) is 0 Å². The molecule has 2 saturated heterocycles. The van der Waals surface area contributed by atoms with Crippen LogP contribution in [0.3, 0.4) is 0 Å². The molecule has 0 unspecified atom stereocenters. The van der Waals surface area contributed by atoms with Crippen LogP contribution in [0, 0.1) is 11.6 Å². The summed E-state index contributed by atoms with van der Waals surface area (Å²) >= 11 is 0. The van der Waals surface area contributed by atoms with Crippen molar-refractivity contribution in [3.05, 3.63) is 34.9 Å². The molecule has 0 saturated carbocycles. The normalized spacial score (nSPS) is 20.3. The molecule has 1 amide bonds. The molecule has 0 aliphatic carbocycles. The molecule has 2 heterocycles. The van der Waals surface area contributed by atoms with Crippen LogP contribution in [0.4, 0.5) is 8.78 Å². The van der Waals surface area contributed by atoms with E-state index in [4.69, 9.17) is 4.74 Å². The van der Waals surface area contributed by atoms with Gasteiger partial charge < -0.3 is 9.64 Å². The Hall–Kier alpha value is -1.58. The molecule has 0 spiro atoms. The number of rotatable bonds is 6. The van der Waals surface area contributed by atoms with E-state index < -0.39 is 27.1 Å². The van der Waals surface area contributed by atoms with Gasteiger partial charge in [0.1, 0.15) is 11.6 Å². The molecule has 0 radical (unpaired) electrons. The predicted molar refractivity (Wildman–Crippen MR) is 109 cm³/mol. The molecule has 2 aliphatic heterocycles. The van der Waals surface area contributed by atoms with Gasteiger partial charge in [-0.1, -0.05) is 13.8 Å². The Labute approximate surface area is 177 Å². The van der Waals surface area contributed by atoms with Gasteiger partial charge in [-0.15, -0.1) is 0 Å². The van der Waals surface area contributed by atoms with Gasteiger partial charge in [0.15, 0.2) is 0 Å². The Bertz CT molecular complexity index is 881. The first-order chi connectivity index (χ1) is 14.2. The van der Waals surface area contributed by atoms with Gasteiger partial charge in [-0.3, -0.25) is 4.79 Å². The summed E-state index contributed by atoms with van der Waals surface area (Å²) < 4.78 is 61.2. The molecular weight excluding hydrogens is 414 g/mol. The van der Waals surface area contributed by atoms with E-state index in [0.29, 0.717) is 58.5 Å². The minimum absolute atomic E-state index is 0.0124. The van der Waals surface area contributed by atoms with Gasteiger partial charge in [0.05, 0.1) is 24.4 Å². The molecule has 0 N–H and O–H groups in total. The van der Waals surface area contributed by atoms with Crippen molar-refractivity contribution in [2.24, 2.45) is 0 Å². The van der Waals surface area contributed by atoms with Crippen LogP contribution in [0.1, 0.15) is 50.7 Å². The van der Waals surface area contributed by atoms with Crippen LogP contribution < -0.4 is 0 Å². The van der Waals surface area contributed by atoms with Gasteiger partial charge in [0, 0.05) is 37.3 Å². The van der Waals surface area contributed by atoms with E-state index in [1.165, 1.54) is 4.31 Å². The Morgan fingerprint density at radius 2 is 1.73 bits per heavy atom. The second-order valence-corrected chi connectivity index (χ2v) is 10.1. The Kier molecular flexibility index (Phi) is 7.14. The van der Waals surface area contributed by atoms with Gasteiger partial charge >= 0.3 is 0 Å². The molecule has 9 heteroatoms. The molecule has 6 nitrogen and oxygen atoms in total. The third-order valence-electron chi connectivity index (χ3n) is 6.37. The lowest BCUT2D eigenvalue weighted by Gasteiger charge is -2.38. The molecule has 0 aromatic heterocycles.